The second kappa shape index (κ2) is 6.96. The lowest BCUT2D eigenvalue weighted by atomic mass is 10.0. The molecule has 0 saturated heterocycles. The van der Waals surface area contributed by atoms with E-state index in [0.29, 0.717) is 5.82 Å². The van der Waals surface area contributed by atoms with E-state index in [1.54, 1.807) is 4.52 Å². The maximum Gasteiger partial charge on any atom is 0.154 e. The molecule has 8 nitrogen and oxygen atoms in total. The lowest BCUT2D eigenvalue weighted by Crippen LogP contribution is -2.13. The van der Waals surface area contributed by atoms with Crippen molar-refractivity contribution in [2.24, 2.45) is 0 Å². The Bertz CT molecular complexity index is 1190. The summed E-state index contributed by atoms with van der Waals surface area (Å²) in [6.07, 6.45) is 3.23. The van der Waals surface area contributed by atoms with Crippen molar-refractivity contribution >= 4 is 17.3 Å². The highest BCUT2D eigenvalue weighted by Gasteiger charge is 2.19. The van der Waals surface area contributed by atoms with Gasteiger partial charge in [-0.1, -0.05) is 30.3 Å². The first kappa shape index (κ1) is 17.4. The highest BCUT2D eigenvalue weighted by Crippen LogP contribution is 2.30. The van der Waals surface area contributed by atoms with E-state index < -0.39 is 0 Å². The third-order valence-electron chi connectivity index (χ3n) is 4.46. The van der Waals surface area contributed by atoms with Gasteiger partial charge in [-0.2, -0.15) is 10.4 Å². The van der Waals surface area contributed by atoms with Gasteiger partial charge in [0.2, 0.25) is 0 Å². The van der Waals surface area contributed by atoms with E-state index in [0.717, 1.165) is 28.2 Å². The van der Waals surface area contributed by atoms with Crippen LogP contribution in [0, 0.1) is 18.3 Å². The molecule has 3 N–H and O–H groups in total. The van der Waals surface area contributed by atoms with Crippen LogP contribution in [0.3, 0.4) is 0 Å². The van der Waals surface area contributed by atoms with Gasteiger partial charge in [0.15, 0.2) is 5.65 Å². The van der Waals surface area contributed by atoms with Crippen molar-refractivity contribution in [3.8, 4) is 17.3 Å². The van der Waals surface area contributed by atoms with E-state index in [4.69, 9.17) is 10.8 Å². The predicted octanol–water partition coefficient (Wildman–Crippen LogP) is 3.12. The number of hydrogen-bond acceptors (Lipinski definition) is 7. The van der Waals surface area contributed by atoms with Crippen molar-refractivity contribution in [3.05, 3.63) is 65.7 Å². The summed E-state index contributed by atoms with van der Waals surface area (Å²) in [7, 11) is 0. The van der Waals surface area contributed by atoms with E-state index >= 15 is 0 Å². The molecule has 4 rings (SSSR count). The number of fused-ring (bicyclic) bond motifs is 1. The minimum Gasteiger partial charge on any atom is -0.382 e. The fraction of sp³-hybridized carbons (Fsp3) is 0.150. The minimum absolute atomic E-state index is 0.146. The van der Waals surface area contributed by atoms with Gasteiger partial charge >= 0.3 is 0 Å². The van der Waals surface area contributed by atoms with Gasteiger partial charge < -0.3 is 11.1 Å². The lowest BCUT2D eigenvalue weighted by molar-refractivity contribution is 0.840. The predicted molar refractivity (Wildman–Crippen MR) is 106 cm³/mol. The zero-order valence-electron chi connectivity index (χ0n) is 15.5. The van der Waals surface area contributed by atoms with E-state index in [1.165, 1.54) is 6.33 Å². The van der Waals surface area contributed by atoms with Crippen LogP contribution in [0.1, 0.15) is 29.8 Å². The normalized spacial score (nSPS) is 11.9. The number of aryl methyl sites for hydroxylation is 1. The number of imidazole rings is 1. The molecule has 0 saturated carbocycles. The van der Waals surface area contributed by atoms with Crippen LogP contribution in [0.25, 0.3) is 16.9 Å². The first-order chi connectivity index (χ1) is 13.6. The van der Waals surface area contributed by atoms with Gasteiger partial charge in [0, 0.05) is 11.1 Å². The molecule has 0 aliphatic heterocycles. The largest absolute Gasteiger partial charge is 0.382 e. The number of nitrogen functional groups attached to an aromatic ring is 1. The zero-order valence-corrected chi connectivity index (χ0v) is 15.5. The fourth-order valence-electron chi connectivity index (χ4n) is 3.11. The average Bonchev–Trinajstić information content (AvgIpc) is 3.07. The summed E-state index contributed by atoms with van der Waals surface area (Å²) in [5, 5.41) is 17.4. The zero-order chi connectivity index (χ0) is 19.7. The molecule has 1 unspecified atom stereocenters. The van der Waals surface area contributed by atoms with E-state index in [1.807, 2.05) is 56.4 Å². The van der Waals surface area contributed by atoms with E-state index in [-0.39, 0.29) is 17.4 Å². The molecule has 0 aliphatic carbocycles. The second-order valence-electron chi connectivity index (χ2n) is 6.46. The topological polar surface area (TPSA) is 118 Å². The van der Waals surface area contributed by atoms with Crippen molar-refractivity contribution in [3.63, 3.8) is 0 Å². The smallest absolute Gasteiger partial charge is 0.154 e. The molecule has 4 aromatic rings. The molecule has 0 spiro atoms. The molecule has 3 aromatic heterocycles. The van der Waals surface area contributed by atoms with Crippen LogP contribution < -0.4 is 11.1 Å². The molecule has 8 heteroatoms. The molecular formula is C20H18N8. The number of anilines is 2. The molecule has 0 aliphatic rings. The molecule has 0 bridgehead atoms. The van der Waals surface area contributed by atoms with Gasteiger partial charge in [-0.05, 0) is 19.9 Å². The van der Waals surface area contributed by atoms with Crippen molar-refractivity contribution in [1.82, 2.24) is 24.6 Å². The summed E-state index contributed by atoms with van der Waals surface area (Å²) in [6.45, 7) is 3.91. The number of nitriles is 1. The maximum absolute atomic E-state index is 9.38. The summed E-state index contributed by atoms with van der Waals surface area (Å²) in [5.41, 5.74) is 10.4. The quantitative estimate of drug-likeness (QED) is 0.566. The Morgan fingerprint density at radius 3 is 2.75 bits per heavy atom. The lowest BCUT2D eigenvalue weighted by Gasteiger charge is -2.19. The Morgan fingerprint density at radius 2 is 2.00 bits per heavy atom. The number of nitrogens with one attached hydrogen (secondary N) is 1. The molecular weight excluding hydrogens is 352 g/mol. The molecule has 138 valence electrons. The maximum atomic E-state index is 9.38. The molecule has 0 radical (unpaired) electrons. The molecule has 28 heavy (non-hydrogen) atoms. The van der Waals surface area contributed by atoms with Crippen LogP contribution in [0.4, 0.5) is 11.6 Å². The van der Waals surface area contributed by atoms with E-state index in [2.05, 4.69) is 26.3 Å². The highest BCUT2D eigenvalue weighted by molar-refractivity contribution is 5.68. The van der Waals surface area contributed by atoms with Crippen molar-refractivity contribution < 1.29 is 0 Å². The van der Waals surface area contributed by atoms with Crippen molar-refractivity contribution in [1.29, 1.82) is 5.26 Å². The van der Waals surface area contributed by atoms with Gasteiger partial charge in [0.25, 0.3) is 0 Å². The second-order valence-corrected chi connectivity index (χ2v) is 6.46. The third-order valence-corrected chi connectivity index (χ3v) is 4.46. The highest BCUT2D eigenvalue weighted by atomic mass is 15.3. The first-order valence-corrected chi connectivity index (χ1v) is 8.76. The summed E-state index contributed by atoms with van der Waals surface area (Å²) < 4.78 is 1.78. The van der Waals surface area contributed by atoms with Crippen LogP contribution in [0.5, 0.6) is 0 Å². The Kier molecular flexibility index (Phi) is 4.33. The SMILES string of the molecule is Cc1cn2nc(-c3ccccc3)c(C(C)Nc3ncnc(N)c3C#N)cc2n1. The fourth-order valence-corrected chi connectivity index (χ4v) is 3.11. The molecule has 1 aromatic carbocycles. The molecule has 0 amide bonds. The minimum atomic E-state index is -0.203. The van der Waals surface area contributed by atoms with Gasteiger partial charge in [-0.15, -0.1) is 0 Å². The Labute approximate surface area is 161 Å². The third kappa shape index (κ3) is 3.10. The number of aromatic nitrogens is 5. The van der Waals surface area contributed by atoms with Gasteiger partial charge in [0.1, 0.15) is 29.6 Å². The average molecular weight is 370 g/mol. The van der Waals surface area contributed by atoms with E-state index in [9.17, 15) is 5.26 Å². The van der Waals surface area contributed by atoms with Crippen LogP contribution in [0.15, 0.2) is 48.9 Å². The number of nitrogens with zero attached hydrogens (tertiary/aromatic N) is 6. The summed E-state index contributed by atoms with van der Waals surface area (Å²) >= 11 is 0. The van der Waals surface area contributed by atoms with Gasteiger partial charge in [-0.3, -0.25) is 0 Å². The van der Waals surface area contributed by atoms with Gasteiger partial charge in [0.05, 0.1) is 23.6 Å². The Morgan fingerprint density at radius 1 is 1.21 bits per heavy atom. The molecule has 3 heterocycles. The van der Waals surface area contributed by atoms with Crippen molar-refractivity contribution in [2.45, 2.75) is 19.9 Å². The number of rotatable bonds is 4. The van der Waals surface area contributed by atoms with Gasteiger partial charge in [-0.25, -0.2) is 19.5 Å². The summed E-state index contributed by atoms with van der Waals surface area (Å²) in [4.78, 5) is 12.6. The Hall–Kier alpha value is -3.99. The van der Waals surface area contributed by atoms with Crippen LogP contribution in [-0.4, -0.2) is 24.6 Å². The molecule has 1 atom stereocenters. The Balaban J connectivity index is 1.83. The molecule has 0 fully saturated rings. The standard InChI is InChI=1S/C20H18N8/c1-12-10-28-17(25-12)8-15(18(27-28)14-6-4-3-5-7-14)13(2)26-20-16(9-21)19(22)23-11-24-20/h3-8,10-11,13H,1-2H3,(H3,22,23,24,26). The van der Waals surface area contributed by atoms with Crippen LogP contribution >= 0.6 is 0 Å². The number of benzene rings is 1. The number of hydrogen-bond donors (Lipinski definition) is 2. The number of nitrogens with two attached hydrogens (primary N) is 1. The summed E-state index contributed by atoms with van der Waals surface area (Å²) in [6, 6.07) is 13.8. The monoisotopic (exact) mass is 370 g/mol. The first-order valence-electron chi connectivity index (χ1n) is 8.76. The van der Waals surface area contributed by atoms with Crippen molar-refractivity contribution in [2.75, 3.05) is 11.1 Å². The summed E-state index contributed by atoms with van der Waals surface area (Å²) in [5.74, 6) is 0.536. The van der Waals surface area contributed by atoms with Crippen LogP contribution in [-0.2, 0) is 0 Å². The van der Waals surface area contributed by atoms with Crippen LogP contribution in [0.2, 0.25) is 0 Å².